The highest BCUT2D eigenvalue weighted by Gasteiger charge is 2.12. The van der Waals surface area contributed by atoms with Gasteiger partial charge in [-0.3, -0.25) is 4.79 Å². The van der Waals surface area contributed by atoms with Gasteiger partial charge in [0.25, 0.3) is 0 Å². The van der Waals surface area contributed by atoms with E-state index >= 15 is 0 Å². The van der Waals surface area contributed by atoms with Gasteiger partial charge < -0.3 is 4.74 Å². The zero-order valence-electron chi connectivity index (χ0n) is 10.1. The molecule has 2 rings (SSSR count). The van der Waals surface area contributed by atoms with Crippen LogP contribution in [0, 0.1) is 5.82 Å². The number of benzene rings is 2. The van der Waals surface area contributed by atoms with Gasteiger partial charge in [0.05, 0.1) is 10.9 Å². The van der Waals surface area contributed by atoms with Crippen LogP contribution < -0.4 is 4.74 Å². The van der Waals surface area contributed by atoms with E-state index in [9.17, 15) is 9.18 Å². The van der Waals surface area contributed by atoms with Crippen LogP contribution in [-0.4, -0.2) is 11.1 Å². The zero-order valence-corrected chi connectivity index (χ0v) is 11.7. The summed E-state index contributed by atoms with van der Waals surface area (Å²) in [7, 11) is 0. The minimum Gasteiger partial charge on any atom is -0.488 e. The van der Waals surface area contributed by atoms with Gasteiger partial charge in [0.1, 0.15) is 18.2 Å². The molecule has 0 fully saturated rings. The van der Waals surface area contributed by atoms with Crippen LogP contribution in [-0.2, 0) is 6.61 Å². The molecule has 19 heavy (non-hydrogen) atoms. The van der Waals surface area contributed by atoms with Gasteiger partial charge in [-0.1, -0.05) is 46.3 Å². The van der Waals surface area contributed by atoms with Crippen LogP contribution >= 0.6 is 15.9 Å². The van der Waals surface area contributed by atoms with E-state index in [1.165, 1.54) is 18.2 Å². The fourth-order valence-corrected chi connectivity index (χ4v) is 1.96. The third kappa shape index (κ3) is 3.64. The van der Waals surface area contributed by atoms with E-state index < -0.39 is 5.82 Å². The van der Waals surface area contributed by atoms with E-state index in [4.69, 9.17) is 4.74 Å². The van der Waals surface area contributed by atoms with Gasteiger partial charge in [-0.15, -0.1) is 0 Å². The van der Waals surface area contributed by atoms with Gasteiger partial charge in [-0.25, -0.2) is 4.39 Å². The van der Waals surface area contributed by atoms with Crippen molar-refractivity contribution in [1.29, 1.82) is 0 Å². The van der Waals surface area contributed by atoms with Crippen molar-refractivity contribution in [2.75, 3.05) is 5.33 Å². The number of carbonyl (C=O) groups excluding carboxylic acids is 1. The second-order valence-corrected chi connectivity index (χ2v) is 4.53. The topological polar surface area (TPSA) is 26.3 Å². The first kappa shape index (κ1) is 13.7. The molecule has 0 N–H and O–H groups in total. The minimum absolute atomic E-state index is 0.136. The van der Waals surface area contributed by atoms with Crippen LogP contribution in [0.5, 0.6) is 5.75 Å². The highest BCUT2D eigenvalue weighted by molar-refractivity contribution is 9.09. The van der Waals surface area contributed by atoms with E-state index in [1.807, 2.05) is 30.3 Å². The van der Waals surface area contributed by atoms with Crippen LogP contribution in [0.2, 0.25) is 0 Å². The molecule has 0 spiro atoms. The van der Waals surface area contributed by atoms with E-state index in [1.54, 1.807) is 0 Å². The number of ketones is 1. The Morgan fingerprint density at radius 2 is 1.89 bits per heavy atom. The average molecular weight is 323 g/mol. The summed E-state index contributed by atoms with van der Waals surface area (Å²) in [5, 5.41) is 0.181. The maximum absolute atomic E-state index is 13.2. The SMILES string of the molecule is O=C(CBr)c1ccc(F)cc1OCc1ccccc1. The molecule has 0 aliphatic rings. The van der Waals surface area contributed by atoms with Crippen molar-refractivity contribution in [3.8, 4) is 5.75 Å². The minimum atomic E-state index is -0.422. The molecule has 0 aromatic heterocycles. The first-order chi connectivity index (χ1) is 9.20. The molecular formula is C15H12BrFO2. The first-order valence-corrected chi connectivity index (χ1v) is 6.88. The number of halogens is 2. The summed E-state index contributed by atoms with van der Waals surface area (Å²) in [6.07, 6.45) is 0. The summed E-state index contributed by atoms with van der Waals surface area (Å²) in [6.45, 7) is 0.298. The predicted octanol–water partition coefficient (Wildman–Crippen LogP) is 3.98. The second kappa shape index (κ2) is 6.48. The second-order valence-electron chi connectivity index (χ2n) is 3.97. The number of rotatable bonds is 5. The molecule has 0 atom stereocenters. The molecular weight excluding hydrogens is 311 g/mol. The summed E-state index contributed by atoms with van der Waals surface area (Å²) in [5.74, 6) is -0.287. The molecule has 0 aliphatic carbocycles. The fraction of sp³-hybridized carbons (Fsp3) is 0.133. The standard InChI is InChI=1S/C15H12BrFO2/c16-9-14(18)13-7-6-12(17)8-15(13)19-10-11-4-2-1-3-5-11/h1-8H,9-10H2. The largest absolute Gasteiger partial charge is 0.488 e. The monoisotopic (exact) mass is 322 g/mol. The summed E-state index contributed by atoms with van der Waals surface area (Å²) in [5.41, 5.74) is 1.35. The Labute approximate surface area is 119 Å². The Hall–Kier alpha value is -1.68. The number of ether oxygens (including phenoxy) is 1. The van der Waals surface area contributed by atoms with Gasteiger partial charge in [0.2, 0.25) is 0 Å². The van der Waals surface area contributed by atoms with Crippen LogP contribution in [0.3, 0.4) is 0 Å². The predicted molar refractivity (Wildman–Crippen MR) is 75.3 cm³/mol. The Bertz CT molecular complexity index is 570. The summed E-state index contributed by atoms with van der Waals surface area (Å²) in [6, 6.07) is 13.5. The fourth-order valence-electron chi connectivity index (χ4n) is 1.65. The Balaban J connectivity index is 2.19. The number of hydrogen-bond acceptors (Lipinski definition) is 2. The lowest BCUT2D eigenvalue weighted by Crippen LogP contribution is -2.05. The molecule has 0 heterocycles. The Morgan fingerprint density at radius 3 is 2.58 bits per heavy atom. The highest BCUT2D eigenvalue weighted by Crippen LogP contribution is 2.22. The molecule has 0 saturated carbocycles. The third-order valence-corrected chi connectivity index (χ3v) is 3.11. The van der Waals surface area contributed by atoms with Crippen molar-refractivity contribution < 1.29 is 13.9 Å². The first-order valence-electron chi connectivity index (χ1n) is 5.76. The van der Waals surface area contributed by atoms with E-state index in [-0.39, 0.29) is 16.9 Å². The summed E-state index contributed by atoms with van der Waals surface area (Å²) < 4.78 is 18.8. The highest BCUT2D eigenvalue weighted by atomic mass is 79.9. The Kier molecular flexibility index (Phi) is 4.68. The van der Waals surface area contributed by atoms with Crippen LogP contribution in [0.25, 0.3) is 0 Å². The van der Waals surface area contributed by atoms with Crippen LogP contribution in [0.4, 0.5) is 4.39 Å². The maximum Gasteiger partial charge on any atom is 0.177 e. The smallest absolute Gasteiger partial charge is 0.177 e. The van der Waals surface area contributed by atoms with Gasteiger partial charge in [-0.2, -0.15) is 0 Å². The lowest BCUT2D eigenvalue weighted by atomic mass is 10.1. The number of Topliss-reactive ketones (excluding diaryl/α,β-unsaturated/α-hetero) is 1. The molecule has 0 radical (unpaired) electrons. The lowest BCUT2D eigenvalue weighted by molar-refractivity contribution is 0.101. The van der Waals surface area contributed by atoms with Crippen molar-refractivity contribution in [2.24, 2.45) is 0 Å². The maximum atomic E-state index is 13.2. The van der Waals surface area contributed by atoms with Crippen molar-refractivity contribution >= 4 is 21.7 Å². The van der Waals surface area contributed by atoms with E-state index in [0.717, 1.165) is 5.56 Å². The van der Waals surface area contributed by atoms with Gasteiger partial charge in [0, 0.05) is 6.07 Å². The van der Waals surface area contributed by atoms with Crippen molar-refractivity contribution in [2.45, 2.75) is 6.61 Å². The zero-order chi connectivity index (χ0) is 13.7. The van der Waals surface area contributed by atoms with Gasteiger partial charge >= 0.3 is 0 Å². The van der Waals surface area contributed by atoms with Crippen molar-refractivity contribution in [3.63, 3.8) is 0 Å². The number of alkyl halides is 1. The molecule has 0 amide bonds. The summed E-state index contributed by atoms with van der Waals surface area (Å²) in [4.78, 5) is 11.7. The number of hydrogen-bond donors (Lipinski definition) is 0. The van der Waals surface area contributed by atoms with Crippen LogP contribution in [0.1, 0.15) is 15.9 Å². The van der Waals surface area contributed by atoms with Crippen molar-refractivity contribution in [1.82, 2.24) is 0 Å². The molecule has 98 valence electrons. The molecule has 0 aliphatic heterocycles. The van der Waals surface area contributed by atoms with E-state index in [0.29, 0.717) is 12.2 Å². The van der Waals surface area contributed by atoms with Gasteiger partial charge in [0.15, 0.2) is 5.78 Å². The third-order valence-electron chi connectivity index (χ3n) is 2.60. The average Bonchev–Trinajstić information content (AvgIpc) is 2.45. The molecule has 2 aromatic carbocycles. The molecule has 2 aromatic rings. The summed E-state index contributed by atoms with van der Waals surface area (Å²) >= 11 is 3.10. The lowest BCUT2D eigenvalue weighted by Gasteiger charge is -2.10. The van der Waals surface area contributed by atoms with Crippen LogP contribution in [0.15, 0.2) is 48.5 Å². The molecule has 0 saturated heterocycles. The normalized spacial score (nSPS) is 10.2. The van der Waals surface area contributed by atoms with E-state index in [2.05, 4.69) is 15.9 Å². The molecule has 2 nitrogen and oxygen atoms in total. The molecule has 4 heteroatoms. The molecule has 0 unspecified atom stereocenters. The number of carbonyl (C=O) groups is 1. The molecule has 0 bridgehead atoms. The van der Waals surface area contributed by atoms with Gasteiger partial charge in [-0.05, 0) is 17.7 Å². The Morgan fingerprint density at radius 1 is 1.16 bits per heavy atom. The van der Waals surface area contributed by atoms with Crippen molar-refractivity contribution in [3.05, 3.63) is 65.5 Å². The quantitative estimate of drug-likeness (QED) is 0.614.